The van der Waals surface area contributed by atoms with E-state index >= 15 is 0 Å². The summed E-state index contributed by atoms with van der Waals surface area (Å²) in [6.07, 6.45) is 0.881. The molecule has 5 nitrogen and oxygen atoms in total. The molecule has 0 unspecified atom stereocenters. The number of hydrogen-bond acceptors (Lipinski definition) is 5. The van der Waals surface area contributed by atoms with Gasteiger partial charge in [0, 0.05) is 17.6 Å². The van der Waals surface area contributed by atoms with Gasteiger partial charge in [0.1, 0.15) is 16.8 Å². The summed E-state index contributed by atoms with van der Waals surface area (Å²) >= 11 is 1.31. The molecular formula is C21H17N3O2S. The first-order chi connectivity index (χ1) is 13.2. The lowest BCUT2D eigenvalue weighted by atomic mass is 10.1. The zero-order chi connectivity index (χ0) is 18.8. The number of carbonyl (C=O) groups is 1. The van der Waals surface area contributed by atoms with Gasteiger partial charge in [-0.05, 0) is 42.3 Å². The number of methoxy groups -OCH3 is 1. The normalized spacial score (nSPS) is 12.7. The standard InChI is InChI=1S/C21H17N3O2S/c1-26-17-6-7-18-15(11-17)10-16(12-22)21(23-18)27-13-20(25)24-9-8-14-4-2-3-5-19(14)24/h2-7,10-11H,8-9,13H2,1H3. The molecule has 3 aromatic rings. The smallest absolute Gasteiger partial charge is 0.237 e. The van der Waals surface area contributed by atoms with Gasteiger partial charge >= 0.3 is 0 Å². The third-order valence-electron chi connectivity index (χ3n) is 4.63. The highest BCUT2D eigenvalue weighted by molar-refractivity contribution is 8.00. The van der Waals surface area contributed by atoms with Gasteiger partial charge in [0.2, 0.25) is 5.91 Å². The maximum atomic E-state index is 12.7. The number of thioether (sulfide) groups is 1. The predicted molar refractivity (Wildman–Crippen MR) is 106 cm³/mol. The Labute approximate surface area is 161 Å². The summed E-state index contributed by atoms with van der Waals surface area (Å²) < 4.78 is 5.22. The van der Waals surface area contributed by atoms with Crippen LogP contribution in [-0.4, -0.2) is 30.3 Å². The highest BCUT2D eigenvalue weighted by atomic mass is 32.2. The summed E-state index contributed by atoms with van der Waals surface area (Å²) in [5.74, 6) is 0.999. The molecule has 0 radical (unpaired) electrons. The Hall–Kier alpha value is -3.04. The molecule has 1 aliphatic heterocycles. The minimum Gasteiger partial charge on any atom is -0.497 e. The average Bonchev–Trinajstić information content (AvgIpc) is 3.15. The minimum atomic E-state index is 0.0328. The summed E-state index contributed by atoms with van der Waals surface area (Å²) in [4.78, 5) is 19.1. The number of aromatic nitrogens is 1. The minimum absolute atomic E-state index is 0.0328. The second kappa shape index (κ2) is 7.29. The van der Waals surface area contributed by atoms with Crippen molar-refractivity contribution in [3.63, 3.8) is 0 Å². The number of nitriles is 1. The van der Waals surface area contributed by atoms with Crippen LogP contribution in [-0.2, 0) is 11.2 Å². The number of carbonyl (C=O) groups excluding carboxylic acids is 1. The molecule has 1 amide bonds. The van der Waals surface area contributed by atoms with E-state index < -0.39 is 0 Å². The maximum absolute atomic E-state index is 12.7. The van der Waals surface area contributed by atoms with Crippen LogP contribution in [0.1, 0.15) is 11.1 Å². The lowest BCUT2D eigenvalue weighted by Gasteiger charge is -2.17. The first kappa shape index (κ1) is 17.4. The predicted octanol–water partition coefficient (Wildman–Crippen LogP) is 3.80. The van der Waals surface area contributed by atoms with E-state index in [9.17, 15) is 10.1 Å². The van der Waals surface area contributed by atoms with Crippen LogP contribution in [0.25, 0.3) is 10.9 Å². The van der Waals surface area contributed by atoms with Crippen LogP contribution in [0.3, 0.4) is 0 Å². The van der Waals surface area contributed by atoms with E-state index in [1.54, 1.807) is 13.2 Å². The second-order valence-corrected chi connectivity index (χ2v) is 7.19. The van der Waals surface area contributed by atoms with Crippen LogP contribution in [0.5, 0.6) is 5.75 Å². The van der Waals surface area contributed by atoms with Crippen molar-refractivity contribution >= 4 is 34.3 Å². The first-order valence-electron chi connectivity index (χ1n) is 8.59. The molecule has 4 rings (SSSR count). The van der Waals surface area contributed by atoms with E-state index in [-0.39, 0.29) is 11.7 Å². The van der Waals surface area contributed by atoms with Crippen molar-refractivity contribution in [3.8, 4) is 11.8 Å². The van der Waals surface area contributed by atoms with E-state index in [1.807, 2.05) is 41.3 Å². The Morgan fingerprint density at radius 3 is 2.96 bits per heavy atom. The van der Waals surface area contributed by atoms with Crippen LogP contribution in [0.2, 0.25) is 0 Å². The van der Waals surface area contributed by atoms with Crippen LogP contribution >= 0.6 is 11.8 Å². The van der Waals surface area contributed by atoms with Gasteiger partial charge in [0.25, 0.3) is 0 Å². The molecule has 2 aromatic carbocycles. The number of fused-ring (bicyclic) bond motifs is 2. The Morgan fingerprint density at radius 2 is 2.15 bits per heavy atom. The Balaban J connectivity index is 1.55. The highest BCUT2D eigenvalue weighted by Crippen LogP contribution is 2.30. The molecule has 0 spiro atoms. The van der Waals surface area contributed by atoms with E-state index in [4.69, 9.17) is 4.74 Å². The fourth-order valence-corrected chi connectivity index (χ4v) is 4.10. The molecule has 1 aromatic heterocycles. The van der Waals surface area contributed by atoms with Crippen LogP contribution in [0.15, 0.2) is 53.6 Å². The van der Waals surface area contributed by atoms with Gasteiger partial charge < -0.3 is 9.64 Å². The fraction of sp³-hybridized carbons (Fsp3) is 0.190. The molecule has 0 atom stereocenters. The van der Waals surface area contributed by atoms with Gasteiger partial charge in [-0.3, -0.25) is 4.79 Å². The van der Waals surface area contributed by atoms with Crippen LogP contribution in [0.4, 0.5) is 5.69 Å². The van der Waals surface area contributed by atoms with Crippen molar-refractivity contribution in [1.82, 2.24) is 4.98 Å². The number of nitrogens with zero attached hydrogens (tertiary/aromatic N) is 3. The van der Waals surface area contributed by atoms with Crippen molar-refractivity contribution in [2.75, 3.05) is 24.3 Å². The topological polar surface area (TPSA) is 66.2 Å². The van der Waals surface area contributed by atoms with Gasteiger partial charge in [-0.15, -0.1) is 0 Å². The molecule has 0 saturated carbocycles. The summed E-state index contributed by atoms with van der Waals surface area (Å²) in [7, 11) is 1.60. The maximum Gasteiger partial charge on any atom is 0.237 e. The first-order valence-corrected chi connectivity index (χ1v) is 9.58. The molecule has 0 fully saturated rings. The van der Waals surface area contributed by atoms with Crippen LogP contribution < -0.4 is 9.64 Å². The monoisotopic (exact) mass is 375 g/mol. The molecule has 27 heavy (non-hydrogen) atoms. The fourth-order valence-electron chi connectivity index (χ4n) is 3.26. The third-order valence-corrected chi connectivity index (χ3v) is 5.60. The lowest BCUT2D eigenvalue weighted by Crippen LogP contribution is -2.30. The largest absolute Gasteiger partial charge is 0.497 e. The molecule has 1 aliphatic rings. The molecule has 0 bridgehead atoms. The average molecular weight is 375 g/mol. The van der Waals surface area contributed by atoms with E-state index in [0.717, 1.165) is 28.8 Å². The van der Waals surface area contributed by atoms with Crippen molar-refractivity contribution in [2.24, 2.45) is 0 Å². The quantitative estimate of drug-likeness (QED) is 0.649. The van der Waals surface area contributed by atoms with Crippen LogP contribution in [0, 0.1) is 11.3 Å². The highest BCUT2D eigenvalue weighted by Gasteiger charge is 2.24. The van der Waals surface area contributed by atoms with Crippen molar-refractivity contribution in [1.29, 1.82) is 5.26 Å². The van der Waals surface area contributed by atoms with Crippen molar-refractivity contribution < 1.29 is 9.53 Å². The van der Waals surface area contributed by atoms with E-state index in [2.05, 4.69) is 17.1 Å². The second-order valence-electron chi connectivity index (χ2n) is 6.22. The van der Waals surface area contributed by atoms with Gasteiger partial charge in [-0.25, -0.2) is 4.98 Å². The molecule has 0 N–H and O–H groups in total. The summed E-state index contributed by atoms with van der Waals surface area (Å²) in [5, 5.41) is 10.9. The summed E-state index contributed by atoms with van der Waals surface area (Å²) in [6.45, 7) is 0.703. The molecule has 6 heteroatoms. The number of pyridine rings is 1. The number of para-hydroxylation sites is 1. The lowest BCUT2D eigenvalue weighted by molar-refractivity contribution is -0.116. The molecule has 2 heterocycles. The number of rotatable bonds is 4. The molecular weight excluding hydrogens is 358 g/mol. The summed E-state index contributed by atoms with van der Waals surface area (Å²) in [5.41, 5.74) is 3.43. The van der Waals surface area contributed by atoms with Gasteiger partial charge in [-0.2, -0.15) is 5.26 Å². The number of ether oxygens (including phenoxy) is 1. The summed E-state index contributed by atoms with van der Waals surface area (Å²) in [6, 6.07) is 17.5. The number of anilines is 1. The van der Waals surface area contributed by atoms with Crippen molar-refractivity contribution in [3.05, 3.63) is 59.7 Å². The van der Waals surface area contributed by atoms with E-state index in [1.165, 1.54) is 17.3 Å². The molecule has 0 aliphatic carbocycles. The Bertz CT molecular complexity index is 1070. The third kappa shape index (κ3) is 3.34. The molecule has 134 valence electrons. The number of amides is 1. The Morgan fingerprint density at radius 1 is 1.30 bits per heavy atom. The number of benzene rings is 2. The SMILES string of the molecule is COc1ccc2nc(SCC(=O)N3CCc4ccccc43)c(C#N)cc2c1. The Kier molecular flexibility index (Phi) is 4.69. The zero-order valence-electron chi connectivity index (χ0n) is 14.8. The van der Waals surface area contributed by atoms with E-state index in [0.29, 0.717) is 17.1 Å². The van der Waals surface area contributed by atoms with Crippen molar-refractivity contribution in [2.45, 2.75) is 11.4 Å². The van der Waals surface area contributed by atoms with Gasteiger partial charge in [-0.1, -0.05) is 30.0 Å². The number of hydrogen-bond donors (Lipinski definition) is 0. The van der Waals surface area contributed by atoms with Gasteiger partial charge in [0.05, 0.1) is 23.9 Å². The molecule has 0 saturated heterocycles. The zero-order valence-corrected chi connectivity index (χ0v) is 15.6. The van der Waals surface area contributed by atoms with Gasteiger partial charge in [0.15, 0.2) is 0 Å².